The number of unbranched alkanes of at least 4 members (excludes halogenated alkanes) is 15. The van der Waals surface area contributed by atoms with E-state index in [4.69, 9.17) is 9.47 Å². The molecule has 0 aliphatic rings. The first-order valence-electron chi connectivity index (χ1n) is 16.0. The summed E-state index contributed by atoms with van der Waals surface area (Å²) in [5, 5.41) is 0. The SMILES string of the molecule is CCCCCCCCCCCCCCCCCCOC(=O)c1ccccc1C(=O)OC(CC)C(C)CCC. The lowest BCUT2D eigenvalue weighted by Crippen LogP contribution is -2.26. The van der Waals surface area contributed by atoms with E-state index in [-0.39, 0.29) is 6.10 Å². The summed E-state index contributed by atoms with van der Waals surface area (Å²) in [7, 11) is 0. The van der Waals surface area contributed by atoms with Gasteiger partial charge < -0.3 is 9.47 Å². The van der Waals surface area contributed by atoms with Crippen LogP contribution in [0.1, 0.15) is 170 Å². The van der Waals surface area contributed by atoms with Gasteiger partial charge in [0.1, 0.15) is 6.10 Å². The summed E-state index contributed by atoms with van der Waals surface area (Å²) in [6.45, 7) is 8.95. The van der Waals surface area contributed by atoms with Crippen LogP contribution in [0, 0.1) is 5.92 Å². The predicted molar refractivity (Wildman–Crippen MR) is 160 cm³/mol. The van der Waals surface area contributed by atoms with Crippen LogP contribution in [0.25, 0.3) is 0 Å². The Bertz CT molecular complexity index is 729. The Hall–Kier alpha value is -1.84. The van der Waals surface area contributed by atoms with E-state index in [0.29, 0.717) is 23.7 Å². The summed E-state index contributed by atoms with van der Waals surface area (Å²) in [6, 6.07) is 6.84. The Kier molecular flexibility index (Phi) is 20.8. The van der Waals surface area contributed by atoms with Crippen molar-refractivity contribution in [2.24, 2.45) is 5.92 Å². The Morgan fingerprint density at radius 1 is 0.632 bits per heavy atom. The lowest BCUT2D eigenvalue weighted by Gasteiger charge is -2.23. The second kappa shape index (κ2) is 23.1. The number of carbonyl (C=O) groups excluding carboxylic acids is 2. The number of rotatable bonds is 24. The molecule has 38 heavy (non-hydrogen) atoms. The van der Waals surface area contributed by atoms with Crippen molar-refractivity contribution in [2.75, 3.05) is 6.61 Å². The van der Waals surface area contributed by atoms with Crippen molar-refractivity contribution >= 4 is 11.9 Å². The average Bonchev–Trinajstić information content (AvgIpc) is 2.93. The van der Waals surface area contributed by atoms with E-state index in [0.717, 1.165) is 32.1 Å². The maximum absolute atomic E-state index is 12.9. The van der Waals surface area contributed by atoms with Gasteiger partial charge in [-0.2, -0.15) is 0 Å². The molecule has 218 valence electrons. The molecule has 4 nitrogen and oxygen atoms in total. The smallest absolute Gasteiger partial charge is 0.339 e. The van der Waals surface area contributed by atoms with Crippen LogP contribution in [0.5, 0.6) is 0 Å². The van der Waals surface area contributed by atoms with Crippen LogP contribution in [-0.4, -0.2) is 24.6 Å². The van der Waals surface area contributed by atoms with E-state index in [9.17, 15) is 9.59 Å². The molecule has 4 heteroatoms. The van der Waals surface area contributed by atoms with Crippen molar-refractivity contribution in [3.63, 3.8) is 0 Å². The Morgan fingerprint density at radius 2 is 1.08 bits per heavy atom. The number of esters is 2. The molecule has 0 saturated carbocycles. The van der Waals surface area contributed by atoms with Gasteiger partial charge in [-0.3, -0.25) is 0 Å². The minimum atomic E-state index is -0.437. The zero-order valence-corrected chi connectivity index (χ0v) is 25.2. The topological polar surface area (TPSA) is 52.6 Å². The van der Waals surface area contributed by atoms with Gasteiger partial charge >= 0.3 is 11.9 Å². The molecule has 1 rings (SSSR count). The largest absolute Gasteiger partial charge is 0.462 e. The summed E-state index contributed by atoms with van der Waals surface area (Å²) in [6.07, 6.45) is 23.7. The lowest BCUT2D eigenvalue weighted by molar-refractivity contribution is 0.0132. The minimum Gasteiger partial charge on any atom is -0.462 e. The van der Waals surface area contributed by atoms with E-state index in [1.807, 2.05) is 6.92 Å². The fourth-order valence-electron chi connectivity index (χ4n) is 5.18. The third kappa shape index (κ3) is 15.5. The van der Waals surface area contributed by atoms with Gasteiger partial charge in [0.15, 0.2) is 0 Å². The molecule has 0 fully saturated rings. The van der Waals surface area contributed by atoms with Crippen LogP contribution in [0.2, 0.25) is 0 Å². The second-order valence-electron chi connectivity index (χ2n) is 11.1. The molecular weight excluding hydrogens is 472 g/mol. The minimum absolute atomic E-state index is 0.142. The van der Waals surface area contributed by atoms with Crippen molar-refractivity contribution in [3.8, 4) is 0 Å². The molecule has 0 amide bonds. The third-order valence-corrected chi connectivity index (χ3v) is 7.64. The highest BCUT2D eigenvalue weighted by Gasteiger charge is 2.24. The number of benzene rings is 1. The van der Waals surface area contributed by atoms with Gasteiger partial charge in [0.2, 0.25) is 0 Å². The fourth-order valence-corrected chi connectivity index (χ4v) is 5.18. The van der Waals surface area contributed by atoms with Crippen LogP contribution >= 0.6 is 0 Å². The molecule has 0 aliphatic carbocycles. The van der Waals surface area contributed by atoms with Crippen LogP contribution < -0.4 is 0 Å². The van der Waals surface area contributed by atoms with Crippen LogP contribution in [0.4, 0.5) is 0 Å². The summed E-state index contributed by atoms with van der Waals surface area (Å²) < 4.78 is 11.3. The van der Waals surface area contributed by atoms with Crippen molar-refractivity contribution in [1.29, 1.82) is 0 Å². The van der Waals surface area contributed by atoms with E-state index < -0.39 is 11.9 Å². The van der Waals surface area contributed by atoms with Gasteiger partial charge in [-0.1, -0.05) is 143 Å². The number of hydrogen-bond acceptors (Lipinski definition) is 4. The van der Waals surface area contributed by atoms with Gasteiger partial charge in [-0.25, -0.2) is 9.59 Å². The maximum atomic E-state index is 12.9. The highest BCUT2D eigenvalue weighted by atomic mass is 16.5. The predicted octanol–water partition coefficient (Wildman–Crippen LogP) is 10.5. The van der Waals surface area contributed by atoms with Gasteiger partial charge in [-0.05, 0) is 37.3 Å². The van der Waals surface area contributed by atoms with Crippen molar-refractivity contribution in [2.45, 2.75) is 156 Å². The van der Waals surface area contributed by atoms with Crippen LogP contribution in [0.3, 0.4) is 0 Å². The van der Waals surface area contributed by atoms with Crippen LogP contribution in [0.15, 0.2) is 24.3 Å². The molecule has 0 bridgehead atoms. The first kappa shape index (κ1) is 34.2. The molecular formula is C34H58O4. The summed E-state index contributed by atoms with van der Waals surface area (Å²) in [4.78, 5) is 25.5. The molecule has 0 aliphatic heterocycles. The highest BCUT2D eigenvalue weighted by Crippen LogP contribution is 2.20. The molecule has 0 heterocycles. The number of ether oxygens (including phenoxy) is 2. The molecule has 0 N–H and O–H groups in total. The average molecular weight is 531 g/mol. The number of carbonyl (C=O) groups is 2. The Morgan fingerprint density at radius 3 is 1.53 bits per heavy atom. The third-order valence-electron chi connectivity index (χ3n) is 7.64. The highest BCUT2D eigenvalue weighted by molar-refractivity contribution is 6.03. The molecule has 1 aromatic rings. The molecule has 1 aromatic carbocycles. The summed E-state index contributed by atoms with van der Waals surface area (Å²) >= 11 is 0. The lowest BCUT2D eigenvalue weighted by atomic mass is 9.97. The van der Waals surface area contributed by atoms with Gasteiger partial charge in [0.25, 0.3) is 0 Å². The molecule has 0 saturated heterocycles. The van der Waals surface area contributed by atoms with E-state index >= 15 is 0 Å². The molecule has 0 spiro atoms. The summed E-state index contributed by atoms with van der Waals surface area (Å²) in [5.74, 6) is -0.578. The van der Waals surface area contributed by atoms with Crippen molar-refractivity contribution in [1.82, 2.24) is 0 Å². The second-order valence-corrected chi connectivity index (χ2v) is 11.1. The zero-order chi connectivity index (χ0) is 27.8. The van der Waals surface area contributed by atoms with Crippen LogP contribution in [-0.2, 0) is 9.47 Å². The van der Waals surface area contributed by atoms with Gasteiger partial charge in [0.05, 0.1) is 17.7 Å². The summed E-state index contributed by atoms with van der Waals surface area (Å²) in [5.41, 5.74) is 0.596. The Labute approximate surface area is 234 Å². The monoisotopic (exact) mass is 530 g/mol. The van der Waals surface area contributed by atoms with Gasteiger partial charge in [-0.15, -0.1) is 0 Å². The quantitative estimate of drug-likeness (QED) is 0.0985. The molecule has 0 aromatic heterocycles. The van der Waals surface area contributed by atoms with Crippen molar-refractivity contribution in [3.05, 3.63) is 35.4 Å². The van der Waals surface area contributed by atoms with Crippen molar-refractivity contribution < 1.29 is 19.1 Å². The van der Waals surface area contributed by atoms with Gasteiger partial charge in [0, 0.05) is 0 Å². The molecule has 2 unspecified atom stereocenters. The zero-order valence-electron chi connectivity index (χ0n) is 25.2. The van der Waals surface area contributed by atoms with E-state index in [1.165, 1.54) is 89.9 Å². The standard InChI is InChI=1S/C34H58O4/c1-5-8-9-10-11-12-13-14-15-16-17-18-19-20-21-24-28-37-33(35)30-26-22-23-27-31(30)34(36)38-32(7-3)29(4)25-6-2/h22-23,26-27,29,32H,5-21,24-25,28H2,1-4H3. The van der Waals surface area contributed by atoms with E-state index in [2.05, 4.69) is 20.8 Å². The molecule has 2 atom stereocenters. The first-order valence-corrected chi connectivity index (χ1v) is 16.0. The normalized spacial score (nSPS) is 12.7. The maximum Gasteiger partial charge on any atom is 0.339 e. The van der Waals surface area contributed by atoms with E-state index in [1.54, 1.807) is 24.3 Å². The molecule has 0 radical (unpaired) electrons. The first-order chi connectivity index (χ1) is 18.5. The fraction of sp³-hybridized carbons (Fsp3) is 0.765. The Balaban J connectivity index is 2.16. The number of hydrogen-bond donors (Lipinski definition) is 0.